The lowest BCUT2D eigenvalue weighted by Gasteiger charge is -2.15. The summed E-state index contributed by atoms with van der Waals surface area (Å²) in [5, 5.41) is 0. The first kappa shape index (κ1) is 28.2. The van der Waals surface area contributed by atoms with Crippen LogP contribution in [0.1, 0.15) is 122 Å². The topological polar surface area (TPSA) is 65.0 Å². The Labute approximate surface area is 187 Å². The summed E-state index contributed by atoms with van der Waals surface area (Å²) in [5.41, 5.74) is 0. The molecule has 0 aromatic heterocycles. The molecule has 1 unspecified atom stereocenters. The Morgan fingerprint density at radius 1 is 0.800 bits per heavy atom. The van der Waals surface area contributed by atoms with Crippen molar-refractivity contribution in [1.82, 2.24) is 0 Å². The molecule has 1 rings (SSSR count). The van der Waals surface area contributed by atoms with Crippen molar-refractivity contribution in [1.29, 1.82) is 0 Å². The molecule has 0 radical (unpaired) electrons. The largest absolute Gasteiger partial charge is 0.472 e. The van der Waals surface area contributed by atoms with Crippen LogP contribution in [-0.4, -0.2) is 38.1 Å². The van der Waals surface area contributed by atoms with E-state index in [0.29, 0.717) is 0 Å². The highest BCUT2D eigenvalue weighted by Gasteiger charge is 2.27. The van der Waals surface area contributed by atoms with E-state index in [2.05, 4.69) is 6.92 Å². The minimum Gasteiger partial charge on any atom is -0.382 e. The third-order valence-corrected chi connectivity index (χ3v) is 6.98. The molecule has 0 bridgehead atoms. The van der Waals surface area contributed by atoms with Gasteiger partial charge in [0, 0.05) is 6.00 Å². The van der Waals surface area contributed by atoms with Crippen LogP contribution in [0.3, 0.4) is 0 Å². The SMILES string of the molecule is B[C@H]1CC[C@@H](COP(=O)(O)OCCCCCCCCCCCCCCCCCC)O1. The molecule has 30 heavy (non-hydrogen) atoms. The lowest BCUT2D eigenvalue weighted by atomic mass is 9.97. The summed E-state index contributed by atoms with van der Waals surface area (Å²) in [6.07, 6.45) is 22.7. The quantitative estimate of drug-likeness (QED) is 0.124. The second kappa shape index (κ2) is 18.7. The molecule has 1 aliphatic rings. The van der Waals surface area contributed by atoms with Crippen LogP contribution in [0.2, 0.25) is 0 Å². The van der Waals surface area contributed by atoms with Gasteiger partial charge in [-0.05, 0) is 19.3 Å². The Balaban J connectivity index is 1.78. The number of rotatable bonds is 21. The van der Waals surface area contributed by atoms with E-state index in [-0.39, 0.29) is 25.3 Å². The first-order valence-electron chi connectivity index (χ1n) is 12.8. The molecule has 178 valence electrons. The zero-order valence-corrected chi connectivity index (χ0v) is 20.7. The monoisotopic (exact) mass is 446 g/mol. The van der Waals surface area contributed by atoms with E-state index >= 15 is 0 Å². The molecule has 0 spiro atoms. The summed E-state index contributed by atoms with van der Waals surface area (Å²) < 4.78 is 27.6. The molecule has 3 atom stereocenters. The number of phosphoric acid groups is 1. The molecule has 0 aliphatic carbocycles. The summed E-state index contributed by atoms with van der Waals surface area (Å²) >= 11 is 0. The van der Waals surface area contributed by atoms with Crippen LogP contribution < -0.4 is 0 Å². The van der Waals surface area contributed by atoms with E-state index < -0.39 is 7.82 Å². The van der Waals surface area contributed by atoms with Gasteiger partial charge in [-0.2, -0.15) is 0 Å². The van der Waals surface area contributed by atoms with Crippen molar-refractivity contribution < 1.29 is 23.2 Å². The number of phosphoric ester groups is 1. The molecular weight excluding hydrogens is 398 g/mol. The van der Waals surface area contributed by atoms with Crippen LogP contribution in [-0.2, 0) is 18.3 Å². The maximum absolute atomic E-state index is 11.9. The molecule has 0 aromatic rings. The average Bonchev–Trinajstić information content (AvgIpc) is 3.14. The van der Waals surface area contributed by atoms with E-state index in [1.165, 1.54) is 89.9 Å². The fraction of sp³-hybridized carbons (Fsp3) is 1.00. The molecule has 0 saturated carbocycles. The van der Waals surface area contributed by atoms with Gasteiger partial charge in [-0.1, -0.05) is 103 Å². The Kier molecular flexibility index (Phi) is 17.5. The van der Waals surface area contributed by atoms with Crippen molar-refractivity contribution in [3.63, 3.8) is 0 Å². The van der Waals surface area contributed by atoms with E-state index in [1.54, 1.807) is 0 Å². The van der Waals surface area contributed by atoms with Crippen molar-refractivity contribution >= 4 is 15.7 Å². The van der Waals surface area contributed by atoms with E-state index in [1.807, 2.05) is 7.85 Å². The van der Waals surface area contributed by atoms with E-state index in [4.69, 9.17) is 13.8 Å². The van der Waals surface area contributed by atoms with Gasteiger partial charge in [0.15, 0.2) is 0 Å². The Bertz CT molecular complexity index is 438. The molecule has 1 aliphatic heterocycles. The lowest BCUT2D eigenvalue weighted by molar-refractivity contribution is 0.0350. The molecule has 0 amide bonds. The minimum atomic E-state index is -3.93. The van der Waals surface area contributed by atoms with Gasteiger partial charge in [0.1, 0.15) is 7.85 Å². The van der Waals surface area contributed by atoms with Gasteiger partial charge in [-0.15, -0.1) is 0 Å². The van der Waals surface area contributed by atoms with Gasteiger partial charge in [-0.3, -0.25) is 9.05 Å². The highest BCUT2D eigenvalue weighted by molar-refractivity contribution is 7.47. The molecule has 5 nitrogen and oxygen atoms in total. The third-order valence-electron chi connectivity index (χ3n) is 6.00. The Morgan fingerprint density at radius 3 is 1.70 bits per heavy atom. The fourth-order valence-corrected chi connectivity index (χ4v) is 4.84. The van der Waals surface area contributed by atoms with Gasteiger partial charge >= 0.3 is 7.82 Å². The number of ether oxygens (including phenoxy) is 1. The Hall–Kier alpha value is 0.135. The maximum Gasteiger partial charge on any atom is 0.472 e. The second-order valence-electron chi connectivity index (χ2n) is 9.05. The number of hydrogen-bond donors (Lipinski definition) is 1. The van der Waals surface area contributed by atoms with Gasteiger partial charge in [0.2, 0.25) is 0 Å². The average molecular weight is 446 g/mol. The van der Waals surface area contributed by atoms with Crippen molar-refractivity contribution in [2.24, 2.45) is 0 Å². The number of unbranched alkanes of at least 4 members (excludes halogenated alkanes) is 15. The van der Waals surface area contributed by atoms with Crippen LogP contribution in [0.15, 0.2) is 0 Å². The summed E-state index contributed by atoms with van der Waals surface area (Å²) in [4.78, 5) is 9.72. The van der Waals surface area contributed by atoms with Crippen LogP contribution in [0.25, 0.3) is 0 Å². The second-order valence-corrected chi connectivity index (χ2v) is 10.5. The van der Waals surface area contributed by atoms with Gasteiger partial charge < -0.3 is 9.63 Å². The molecular formula is C23H48BO5P. The highest BCUT2D eigenvalue weighted by Crippen LogP contribution is 2.44. The summed E-state index contributed by atoms with van der Waals surface area (Å²) in [6.45, 7) is 2.69. The predicted molar refractivity (Wildman–Crippen MR) is 128 cm³/mol. The number of hydrogen-bond acceptors (Lipinski definition) is 4. The van der Waals surface area contributed by atoms with Gasteiger partial charge in [0.05, 0.1) is 19.3 Å². The minimum absolute atomic E-state index is 0.0837. The predicted octanol–water partition coefficient (Wildman–Crippen LogP) is 6.52. The zero-order chi connectivity index (χ0) is 21.9. The molecule has 1 N–H and O–H groups in total. The fourth-order valence-electron chi connectivity index (χ4n) is 4.05. The van der Waals surface area contributed by atoms with Crippen molar-refractivity contribution in [3.05, 3.63) is 0 Å². The highest BCUT2D eigenvalue weighted by atomic mass is 31.2. The Morgan fingerprint density at radius 2 is 1.27 bits per heavy atom. The van der Waals surface area contributed by atoms with Crippen molar-refractivity contribution in [3.8, 4) is 0 Å². The first-order valence-corrected chi connectivity index (χ1v) is 14.3. The third kappa shape index (κ3) is 16.8. The van der Waals surface area contributed by atoms with Crippen molar-refractivity contribution in [2.45, 2.75) is 135 Å². The smallest absolute Gasteiger partial charge is 0.382 e. The standard InChI is InChI=1S/C23H48BO5P/c1-2-3-4-5-6-7-8-9-10-11-12-13-14-15-16-17-20-27-30(25,26)28-21-22-18-19-23(24)29-22/h22-23H,2-21,24H2,1H3,(H,25,26)/t22-,23+/m0/s1. The summed E-state index contributed by atoms with van der Waals surface area (Å²) in [5.74, 6) is 0. The van der Waals surface area contributed by atoms with Gasteiger partial charge in [0.25, 0.3) is 0 Å². The summed E-state index contributed by atoms with van der Waals surface area (Å²) in [7, 11) is -1.93. The summed E-state index contributed by atoms with van der Waals surface area (Å²) in [6, 6.07) is 0.211. The van der Waals surface area contributed by atoms with Crippen LogP contribution in [0.5, 0.6) is 0 Å². The zero-order valence-electron chi connectivity index (χ0n) is 19.8. The van der Waals surface area contributed by atoms with Crippen LogP contribution >= 0.6 is 7.82 Å². The first-order chi connectivity index (χ1) is 14.5. The van der Waals surface area contributed by atoms with Crippen molar-refractivity contribution in [2.75, 3.05) is 13.2 Å². The molecule has 1 fully saturated rings. The molecule has 7 heteroatoms. The molecule has 1 saturated heterocycles. The van der Waals surface area contributed by atoms with Crippen LogP contribution in [0, 0.1) is 0 Å². The van der Waals surface area contributed by atoms with Crippen LogP contribution in [0.4, 0.5) is 0 Å². The van der Waals surface area contributed by atoms with E-state index in [9.17, 15) is 9.46 Å². The van der Waals surface area contributed by atoms with Gasteiger partial charge in [-0.25, -0.2) is 4.57 Å². The van der Waals surface area contributed by atoms with E-state index in [0.717, 1.165) is 25.7 Å². The normalized spacial score (nSPS) is 21.1. The lowest BCUT2D eigenvalue weighted by Crippen LogP contribution is -2.16. The molecule has 1 heterocycles. The maximum atomic E-state index is 11.9. The molecule has 0 aromatic carbocycles.